The van der Waals surface area contributed by atoms with Gasteiger partial charge in [-0.25, -0.2) is 4.39 Å². The van der Waals surface area contributed by atoms with Gasteiger partial charge < -0.3 is 15.8 Å². The van der Waals surface area contributed by atoms with Gasteiger partial charge in [-0.3, -0.25) is 4.99 Å². The van der Waals surface area contributed by atoms with E-state index in [0.29, 0.717) is 29.3 Å². The maximum Gasteiger partial charge on any atom is 0.189 e. The zero-order valence-corrected chi connectivity index (χ0v) is 10.9. The summed E-state index contributed by atoms with van der Waals surface area (Å²) in [4.78, 5) is 4.04. The lowest BCUT2D eigenvalue weighted by Gasteiger charge is -2.12. The SMILES string of the molecule is CCN=C(N)NC1COc2cc(F)c(Br)cc21. The highest BCUT2D eigenvalue weighted by molar-refractivity contribution is 9.10. The maximum atomic E-state index is 13.3. The lowest BCUT2D eigenvalue weighted by molar-refractivity contribution is 0.323. The summed E-state index contributed by atoms with van der Waals surface area (Å²) in [6.07, 6.45) is 0. The molecule has 0 bridgehead atoms. The predicted molar refractivity (Wildman–Crippen MR) is 67.6 cm³/mol. The molecule has 0 spiro atoms. The zero-order chi connectivity index (χ0) is 12.4. The molecule has 1 aliphatic heterocycles. The molecule has 0 saturated carbocycles. The maximum absolute atomic E-state index is 13.3. The van der Waals surface area contributed by atoms with Gasteiger partial charge in [0.1, 0.15) is 18.2 Å². The van der Waals surface area contributed by atoms with Crippen molar-refractivity contribution in [2.24, 2.45) is 10.7 Å². The van der Waals surface area contributed by atoms with Crippen LogP contribution in [-0.4, -0.2) is 19.1 Å². The molecule has 0 aromatic heterocycles. The molecule has 92 valence electrons. The second-order valence-electron chi connectivity index (χ2n) is 3.67. The Labute approximate surface area is 107 Å². The van der Waals surface area contributed by atoms with Gasteiger partial charge in [0.25, 0.3) is 0 Å². The van der Waals surface area contributed by atoms with Crippen LogP contribution in [0.1, 0.15) is 18.5 Å². The highest BCUT2D eigenvalue weighted by Gasteiger charge is 2.26. The number of nitrogens with zero attached hydrogens (tertiary/aromatic N) is 1. The third-order valence-corrected chi connectivity index (χ3v) is 3.09. The first-order valence-electron chi connectivity index (χ1n) is 5.30. The molecule has 17 heavy (non-hydrogen) atoms. The summed E-state index contributed by atoms with van der Waals surface area (Å²) in [5.41, 5.74) is 6.57. The van der Waals surface area contributed by atoms with Crippen molar-refractivity contribution in [3.63, 3.8) is 0 Å². The van der Waals surface area contributed by atoms with E-state index in [0.717, 1.165) is 5.56 Å². The Kier molecular flexibility index (Phi) is 3.51. The summed E-state index contributed by atoms with van der Waals surface area (Å²) in [5.74, 6) is 0.585. The van der Waals surface area contributed by atoms with E-state index in [1.165, 1.54) is 6.07 Å². The summed E-state index contributed by atoms with van der Waals surface area (Å²) in [5, 5.41) is 3.04. The van der Waals surface area contributed by atoms with Gasteiger partial charge in [-0.1, -0.05) is 0 Å². The van der Waals surface area contributed by atoms with Crippen LogP contribution in [0.5, 0.6) is 5.75 Å². The average molecular weight is 302 g/mol. The molecule has 1 unspecified atom stereocenters. The monoisotopic (exact) mass is 301 g/mol. The van der Waals surface area contributed by atoms with Crippen LogP contribution in [0.2, 0.25) is 0 Å². The molecule has 1 atom stereocenters. The Hall–Kier alpha value is -1.30. The number of nitrogens with two attached hydrogens (primary N) is 1. The Balaban J connectivity index is 2.22. The predicted octanol–water partition coefficient (Wildman–Crippen LogP) is 1.95. The van der Waals surface area contributed by atoms with Crippen LogP contribution in [-0.2, 0) is 0 Å². The number of fused-ring (bicyclic) bond motifs is 1. The molecule has 4 nitrogen and oxygen atoms in total. The normalized spacial score (nSPS) is 18.8. The number of hydrogen-bond donors (Lipinski definition) is 2. The number of halogens is 2. The second-order valence-corrected chi connectivity index (χ2v) is 4.53. The second kappa shape index (κ2) is 4.91. The third kappa shape index (κ3) is 2.52. The van der Waals surface area contributed by atoms with Gasteiger partial charge in [-0.15, -0.1) is 0 Å². The van der Waals surface area contributed by atoms with Gasteiger partial charge in [0, 0.05) is 18.2 Å². The molecular weight excluding hydrogens is 289 g/mol. The number of ether oxygens (including phenoxy) is 1. The molecule has 0 amide bonds. The Morgan fingerprint density at radius 1 is 1.71 bits per heavy atom. The van der Waals surface area contributed by atoms with E-state index in [9.17, 15) is 4.39 Å². The van der Waals surface area contributed by atoms with Crippen molar-refractivity contribution in [2.75, 3.05) is 13.2 Å². The fourth-order valence-electron chi connectivity index (χ4n) is 1.72. The van der Waals surface area contributed by atoms with E-state index in [1.54, 1.807) is 6.07 Å². The molecule has 1 heterocycles. The molecular formula is C11H13BrFN3O. The van der Waals surface area contributed by atoms with E-state index in [2.05, 4.69) is 26.2 Å². The van der Waals surface area contributed by atoms with E-state index in [1.807, 2.05) is 6.92 Å². The van der Waals surface area contributed by atoms with Gasteiger partial charge in [-0.2, -0.15) is 0 Å². The quantitative estimate of drug-likeness (QED) is 0.648. The Morgan fingerprint density at radius 3 is 3.18 bits per heavy atom. The molecule has 0 saturated heterocycles. The summed E-state index contributed by atoms with van der Waals surface area (Å²) in [6.45, 7) is 2.94. The average Bonchev–Trinajstić information content (AvgIpc) is 2.63. The van der Waals surface area contributed by atoms with Crippen molar-refractivity contribution in [2.45, 2.75) is 13.0 Å². The molecule has 2 rings (SSSR count). The van der Waals surface area contributed by atoms with Crippen molar-refractivity contribution in [3.05, 3.63) is 28.0 Å². The molecule has 0 aliphatic carbocycles. The third-order valence-electron chi connectivity index (χ3n) is 2.48. The van der Waals surface area contributed by atoms with Crippen molar-refractivity contribution in [3.8, 4) is 5.75 Å². The molecule has 0 radical (unpaired) electrons. The number of rotatable bonds is 2. The summed E-state index contributed by atoms with van der Waals surface area (Å²) in [6, 6.07) is 2.99. The summed E-state index contributed by atoms with van der Waals surface area (Å²) < 4.78 is 19.1. The van der Waals surface area contributed by atoms with Crippen molar-refractivity contribution in [1.82, 2.24) is 5.32 Å². The number of aliphatic imine (C=N–C) groups is 1. The minimum atomic E-state index is -0.334. The highest BCUT2D eigenvalue weighted by Crippen LogP contribution is 2.35. The van der Waals surface area contributed by atoms with Crippen LogP contribution < -0.4 is 15.8 Å². The standard InChI is InChI=1S/C11H13BrFN3O/c1-2-15-11(14)16-9-5-17-10-4-8(13)7(12)3-6(9)10/h3-4,9H,2,5H2,1H3,(H3,14,15,16). The summed E-state index contributed by atoms with van der Waals surface area (Å²) >= 11 is 3.15. The number of guanidine groups is 1. The molecule has 6 heteroatoms. The van der Waals surface area contributed by atoms with E-state index < -0.39 is 0 Å². The minimum absolute atomic E-state index is 0.0859. The number of hydrogen-bond acceptors (Lipinski definition) is 2. The van der Waals surface area contributed by atoms with Crippen molar-refractivity contribution < 1.29 is 9.13 Å². The minimum Gasteiger partial charge on any atom is -0.491 e. The first-order chi connectivity index (χ1) is 8.11. The van der Waals surface area contributed by atoms with Crippen molar-refractivity contribution >= 4 is 21.9 Å². The zero-order valence-electron chi connectivity index (χ0n) is 9.34. The topological polar surface area (TPSA) is 59.6 Å². The lowest BCUT2D eigenvalue weighted by atomic mass is 10.1. The van der Waals surface area contributed by atoms with Crippen LogP contribution in [0.4, 0.5) is 4.39 Å². The van der Waals surface area contributed by atoms with Gasteiger partial charge in [0.2, 0.25) is 0 Å². The van der Waals surface area contributed by atoms with Crippen LogP contribution >= 0.6 is 15.9 Å². The lowest BCUT2D eigenvalue weighted by Crippen LogP contribution is -2.35. The first kappa shape index (κ1) is 12.2. The van der Waals surface area contributed by atoms with E-state index in [-0.39, 0.29) is 11.9 Å². The molecule has 0 fully saturated rings. The largest absolute Gasteiger partial charge is 0.491 e. The van der Waals surface area contributed by atoms with Gasteiger partial charge >= 0.3 is 0 Å². The fraction of sp³-hybridized carbons (Fsp3) is 0.364. The van der Waals surface area contributed by atoms with E-state index in [4.69, 9.17) is 10.5 Å². The Morgan fingerprint density at radius 2 is 2.47 bits per heavy atom. The summed E-state index contributed by atoms with van der Waals surface area (Å²) in [7, 11) is 0. The van der Waals surface area contributed by atoms with Gasteiger partial charge in [-0.05, 0) is 28.9 Å². The van der Waals surface area contributed by atoms with Gasteiger partial charge in [0.05, 0.1) is 10.5 Å². The molecule has 3 N–H and O–H groups in total. The van der Waals surface area contributed by atoms with E-state index >= 15 is 0 Å². The highest BCUT2D eigenvalue weighted by atomic mass is 79.9. The van der Waals surface area contributed by atoms with Crippen LogP contribution in [0.15, 0.2) is 21.6 Å². The molecule has 1 aromatic rings. The van der Waals surface area contributed by atoms with Crippen LogP contribution in [0.3, 0.4) is 0 Å². The first-order valence-corrected chi connectivity index (χ1v) is 6.09. The molecule has 1 aliphatic rings. The van der Waals surface area contributed by atoms with Crippen molar-refractivity contribution in [1.29, 1.82) is 0 Å². The smallest absolute Gasteiger partial charge is 0.189 e. The van der Waals surface area contributed by atoms with Crippen LogP contribution in [0, 0.1) is 5.82 Å². The number of benzene rings is 1. The Bertz CT molecular complexity index is 464. The number of nitrogens with one attached hydrogen (secondary N) is 1. The van der Waals surface area contributed by atoms with Gasteiger partial charge in [0.15, 0.2) is 5.96 Å². The fourth-order valence-corrected chi connectivity index (χ4v) is 2.08. The van der Waals surface area contributed by atoms with Crippen LogP contribution in [0.25, 0.3) is 0 Å². The molecule has 1 aromatic carbocycles.